The summed E-state index contributed by atoms with van der Waals surface area (Å²) in [6.07, 6.45) is 0.960. The summed E-state index contributed by atoms with van der Waals surface area (Å²) in [6, 6.07) is 6.82. The Labute approximate surface area is 156 Å². The predicted octanol–water partition coefficient (Wildman–Crippen LogP) is 2.52. The molecule has 1 aliphatic rings. The molecule has 3 rings (SSSR count). The van der Waals surface area contributed by atoms with Crippen LogP contribution in [-0.2, 0) is 9.53 Å². The van der Waals surface area contributed by atoms with Crippen LogP contribution in [0.4, 0.5) is 5.82 Å². The second-order valence-corrected chi connectivity index (χ2v) is 6.82. The van der Waals surface area contributed by atoms with Gasteiger partial charge in [0, 0.05) is 18.5 Å². The third-order valence-electron chi connectivity index (χ3n) is 4.10. The van der Waals surface area contributed by atoms with Gasteiger partial charge in [-0.3, -0.25) is 9.59 Å². The molecule has 2 N–H and O–H groups in total. The zero-order valence-electron chi connectivity index (χ0n) is 14.8. The third kappa shape index (κ3) is 3.91. The summed E-state index contributed by atoms with van der Waals surface area (Å²) in [5, 5.41) is 6.77. The molecule has 0 fully saturated rings. The van der Waals surface area contributed by atoms with Gasteiger partial charge in [0.15, 0.2) is 0 Å². The van der Waals surface area contributed by atoms with Gasteiger partial charge in [0.2, 0.25) is 10.7 Å². The lowest BCUT2D eigenvalue weighted by atomic mass is 10.2. The predicted molar refractivity (Wildman–Crippen MR) is 102 cm³/mol. The van der Waals surface area contributed by atoms with Crippen LogP contribution in [0.5, 0.6) is 0 Å². The Morgan fingerprint density at radius 2 is 2.19 bits per heavy atom. The fraction of sp³-hybridized carbons (Fsp3) is 0.444. The van der Waals surface area contributed by atoms with Gasteiger partial charge in [-0.05, 0) is 44.6 Å². The molecule has 7 nitrogen and oxygen atoms in total. The number of anilines is 1. The number of fused-ring (bicyclic) bond motifs is 3. The number of carbonyl (C=O) groups excluding carboxylic acids is 2. The van der Waals surface area contributed by atoms with Crippen LogP contribution in [0.2, 0.25) is 0 Å². The van der Waals surface area contributed by atoms with Crippen molar-refractivity contribution in [2.45, 2.75) is 38.8 Å². The standard InChI is InChI=1S/C18H22N4O3S/c1-11(2)25-9-5-8-19-15(23)10-14-17(24)22-16(20-14)12-6-3-4-7-13(12)21-18(22)26/h3-4,6-7,11,14,20H,5,8-10H2,1-2H3,(H,19,23)/t14-/m0/s1. The van der Waals surface area contributed by atoms with Gasteiger partial charge in [0.1, 0.15) is 11.9 Å². The van der Waals surface area contributed by atoms with Crippen molar-refractivity contribution >= 4 is 40.8 Å². The van der Waals surface area contributed by atoms with E-state index in [1.807, 2.05) is 38.1 Å². The van der Waals surface area contributed by atoms with E-state index >= 15 is 0 Å². The van der Waals surface area contributed by atoms with E-state index in [2.05, 4.69) is 15.6 Å². The molecule has 138 valence electrons. The fourth-order valence-corrected chi connectivity index (χ4v) is 3.16. The average Bonchev–Trinajstić information content (AvgIpc) is 2.92. The van der Waals surface area contributed by atoms with Crippen molar-refractivity contribution in [1.29, 1.82) is 0 Å². The number of amides is 1. The molecule has 26 heavy (non-hydrogen) atoms. The molecule has 2 aromatic rings. The minimum Gasteiger partial charge on any atom is -0.379 e. The molecular formula is C18H22N4O3S. The van der Waals surface area contributed by atoms with Crippen LogP contribution in [0.1, 0.15) is 31.5 Å². The molecule has 0 radical (unpaired) electrons. The first-order chi connectivity index (χ1) is 12.5. The molecule has 0 saturated heterocycles. The minimum atomic E-state index is -0.642. The summed E-state index contributed by atoms with van der Waals surface area (Å²) in [5.74, 6) is 0.173. The molecule has 2 heterocycles. The Hall–Kier alpha value is -2.32. The van der Waals surface area contributed by atoms with Crippen LogP contribution in [0.3, 0.4) is 0 Å². The molecule has 0 spiro atoms. The number of nitrogens with one attached hydrogen (secondary N) is 2. The molecule has 1 amide bonds. The number of carbonyl (C=O) groups is 2. The van der Waals surface area contributed by atoms with Gasteiger partial charge in [-0.1, -0.05) is 12.1 Å². The largest absolute Gasteiger partial charge is 0.379 e. The van der Waals surface area contributed by atoms with E-state index in [-0.39, 0.29) is 29.1 Å². The van der Waals surface area contributed by atoms with Crippen molar-refractivity contribution in [3.05, 3.63) is 29.0 Å². The van der Waals surface area contributed by atoms with E-state index in [0.717, 1.165) is 17.3 Å². The Morgan fingerprint density at radius 3 is 2.96 bits per heavy atom. The number of benzene rings is 1. The quantitative estimate of drug-likeness (QED) is 0.572. The summed E-state index contributed by atoms with van der Waals surface area (Å²) < 4.78 is 7.01. The molecule has 1 aromatic carbocycles. The van der Waals surface area contributed by atoms with Gasteiger partial charge < -0.3 is 15.4 Å². The Balaban J connectivity index is 1.63. The highest BCUT2D eigenvalue weighted by atomic mass is 32.1. The Bertz CT molecular complexity index is 894. The van der Waals surface area contributed by atoms with Crippen molar-refractivity contribution < 1.29 is 14.3 Å². The first kappa shape index (κ1) is 18.5. The number of para-hydroxylation sites is 1. The van der Waals surface area contributed by atoms with Gasteiger partial charge in [-0.15, -0.1) is 0 Å². The first-order valence-electron chi connectivity index (χ1n) is 8.68. The summed E-state index contributed by atoms with van der Waals surface area (Å²) in [4.78, 5) is 29.1. The highest BCUT2D eigenvalue weighted by Gasteiger charge is 2.33. The van der Waals surface area contributed by atoms with E-state index in [4.69, 9.17) is 17.0 Å². The fourth-order valence-electron chi connectivity index (χ4n) is 2.88. The van der Waals surface area contributed by atoms with Crippen molar-refractivity contribution in [2.24, 2.45) is 0 Å². The van der Waals surface area contributed by atoms with E-state index in [1.165, 1.54) is 4.57 Å². The summed E-state index contributed by atoms with van der Waals surface area (Å²) in [6.45, 7) is 5.05. The van der Waals surface area contributed by atoms with Crippen LogP contribution >= 0.6 is 12.2 Å². The molecule has 0 unspecified atom stereocenters. The summed E-state index contributed by atoms with van der Waals surface area (Å²) in [7, 11) is 0. The average molecular weight is 374 g/mol. The Kier molecular flexibility index (Phi) is 5.63. The second-order valence-electron chi connectivity index (χ2n) is 6.46. The number of hydrogen-bond donors (Lipinski definition) is 2. The molecule has 0 aliphatic carbocycles. The zero-order valence-corrected chi connectivity index (χ0v) is 15.6. The van der Waals surface area contributed by atoms with Crippen molar-refractivity contribution in [3.63, 3.8) is 0 Å². The molecule has 1 aliphatic heterocycles. The third-order valence-corrected chi connectivity index (χ3v) is 4.38. The van der Waals surface area contributed by atoms with Crippen molar-refractivity contribution in [3.8, 4) is 0 Å². The number of rotatable bonds is 7. The summed E-state index contributed by atoms with van der Waals surface area (Å²) in [5.41, 5.74) is 0.722. The first-order valence-corrected chi connectivity index (χ1v) is 9.09. The van der Waals surface area contributed by atoms with Crippen LogP contribution in [0.15, 0.2) is 24.3 Å². The zero-order chi connectivity index (χ0) is 18.7. The SMILES string of the molecule is CC(C)OCCCNC(=O)C[C@@H]1Nc2c3ccccc3nc(=S)n2C1=O. The lowest BCUT2D eigenvalue weighted by Crippen LogP contribution is -2.34. The van der Waals surface area contributed by atoms with Crippen molar-refractivity contribution in [2.75, 3.05) is 18.5 Å². The number of aromatic nitrogens is 2. The van der Waals surface area contributed by atoms with Gasteiger partial charge >= 0.3 is 0 Å². The highest BCUT2D eigenvalue weighted by molar-refractivity contribution is 7.71. The van der Waals surface area contributed by atoms with Crippen molar-refractivity contribution in [1.82, 2.24) is 14.9 Å². The van der Waals surface area contributed by atoms with Crippen LogP contribution in [0, 0.1) is 4.77 Å². The highest BCUT2D eigenvalue weighted by Crippen LogP contribution is 2.28. The van der Waals surface area contributed by atoms with E-state index in [0.29, 0.717) is 19.0 Å². The van der Waals surface area contributed by atoms with Gasteiger partial charge in [-0.25, -0.2) is 9.55 Å². The number of hydrogen-bond acceptors (Lipinski definition) is 6. The maximum atomic E-state index is 12.6. The summed E-state index contributed by atoms with van der Waals surface area (Å²) >= 11 is 5.25. The second kappa shape index (κ2) is 7.92. The monoisotopic (exact) mass is 374 g/mol. The lowest BCUT2D eigenvalue weighted by molar-refractivity contribution is -0.121. The van der Waals surface area contributed by atoms with Crippen LogP contribution < -0.4 is 10.6 Å². The van der Waals surface area contributed by atoms with Gasteiger partial charge in [-0.2, -0.15) is 0 Å². The van der Waals surface area contributed by atoms with Gasteiger partial charge in [0.25, 0.3) is 5.91 Å². The van der Waals surface area contributed by atoms with Gasteiger partial charge in [0.05, 0.1) is 18.0 Å². The van der Waals surface area contributed by atoms with E-state index in [1.54, 1.807) is 0 Å². The normalized spacial score (nSPS) is 16.0. The Morgan fingerprint density at radius 1 is 1.42 bits per heavy atom. The lowest BCUT2D eigenvalue weighted by Gasteiger charge is -2.10. The van der Waals surface area contributed by atoms with E-state index < -0.39 is 6.04 Å². The maximum absolute atomic E-state index is 12.6. The van der Waals surface area contributed by atoms with Crippen LogP contribution in [0.25, 0.3) is 10.9 Å². The molecule has 0 saturated carbocycles. The minimum absolute atomic E-state index is 0.0502. The topological polar surface area (TPSA) is 85.2 Å². The number of nitrogens with zero attached hydrogens (tertiary/aromatic N) is 2. The molecule has 1 aromatic heterocycles. The molecular weight excluding hydrogens is 352 g/mol. The van der Waals surface area contributed by atoms with Crippen LogP contribution in [-0.4, -0.2) is 46.7 Å². The molecule has 1 atom stereocenters. The number of ether oxygens (including phenoxy) is 1. The van der Waals surface area contributed by atoms with E-state index in [9.17, 15) is 9.59 Å². The molecule has 8 heteroatoms. The smallest absolute Gasteiger partial charge is 0.257 e. The maximum Gasteiger partial charge on any atom is 0.257 e. The molecule has 0 bridgehead atoms.